The predicted molar refractivity (Wildman–Crippen MR) is 95.6 cm³/mol. The summed E-state index contributed by atoms with van der Waals surface area (Å²) in [6, 6.07) is 7.17. The molecule has 2 aliphatic rings. The average molecular weight is 329 g/mol. The zero-order valence-corrected chi connectivity index (χ0v) is 14.5. The number of piperidine rings is 1. The Bertz CT molecular complexity index is 748. The first-order valence-corrected chi connectivity index (χ1v) is 9.25. The molecule has 0 spiro atoms. The van der Waals surface area contributed by atoms with Gasteiger partial charge in [0, 0.05) is 38.4 Å². The molecule has 2 saturated heterocycles. The van der Waals surface area contributed by atoms with Crippen molar-refractivity contribution in [3.8, 4) is 0 Å². The number of fused-ring (bicyclic) bond motifs is 1. The maximum atomic E-state index is 12.5. The Morgan fingerprint density at radius 1 is 1.08 bits per heavy atom. The third-order valence-corrected chi connectivity index (χ3v) is 5.68. The van der Waals surface area contributed by atoms with E-state index >= 15 is 0 Å². The third-order valence-electron chi connectivity index (χ3n) is 5.68. The number of imidazole rings is 1. The van der Waals surface area contributed by atoms with Gasteiger partial charge in [-0.25, -0.2) is 4.79 Å². The number of rotatable bonds is 2. The minimum Gasteiger partial charge on any atom is -0.381 e. The molecule has 0 saturated carbocycles. The smallest absolute Gasteiger partial charge is 0.326 e. The largest absolute Gasteiger partial charge is 0.381 e. The molecule has 24 heavy (non-hydrogen) atoms. The highest BCUT2D eigenvalue weighted by atomic mass is 16.5. The molecule has 1 aromatic heterocycles. The van der Waals surface area contributed by atoms with Gasteiger partial charge >= 0.3 is 5.69 Å². The number of aromatic nitrogens is 2. The van der Waals surface area contributed by atoms with Gasteiger partial charge in [0.25, 0.3) is 0 Å². The van der Waals surface area contributed by atoms with E-state index in [1.165, 1.54) is 18.4 Å². The van der Waals surface area contributed by atoms with Crippen LogP contribution in [0, 0.1) is 6.92 Å². The van der Waals surface area contributed by atoms with Crippen LogP contribution in [-0.2, 0) is 4.74 Å². The van der Waals surface area contributed by atoms with Gasteiger partial charge in [0.15, 0.2) is 0 Å². The fourth-order valence-corrected chi connectivity index (χ4v) is 4.36. The van der Waals surface area contributed by atoms with Gasteiger partial charge in [-0.1, -0.05) is 6.07 Å². The van der Waals surface area contributed by atoms with Crippen LogP contribution in [0.3, 0.4) is 0 Å². The zero-order valence-electron chi connectivity index (χ0n) is 14.5. The number of hydrogen-bond donors (Lipinski definition) is 1. The van der Waals surface area contributed by atoms with Crippen LogP contribution in [0.5, 0.6) is 0 Å². The van der Waals surface area contributed by atoms with Crippen LogP contribution >= 0.6 is 0 Å². The first kappa shape index (κ1) is 15.9. The molecule has 1 unspecified atom stereocenters. The molecule has 5 nitrogen and oxygen atoms in total. The molecule has 2 fully saturated rings. The molecule has 0 amide bonds. The van der Waals surface area contributed by atoms with E-state index < -0.39 is 0 Å². The summed E-state index contributed by atoms with van der Waals surface area (Å²) >= 11 is 0. The van der Waals surface area contributed by atoms with Crippen molar-refractivity contribution in [3.05, 3.63) is 34.2 Å². The van der Waals surface area contributed by atoms with Gasteiger partial charge in [-0.3, -0.25) is 4.57 Å². The lowest BCUT2D eigenvalue weighted by atomic mass is 9.99. The molecule has 5 heteroatoms. The van der Waals surface area contributed by atoms with Crippen molar-refractivity contribution in [1.29, 1.82) is 0 Å². The summed E-state index contributed by atoms with van der Waals surface area (Å²) in [7, 11) is 0. The van der Waals surface area contributed by atoms with Gasteiger partial charge in [-0.15, -0.1) is 0 Å². The molecule has 1 N–H and O–H groups in total. The molecule has 1 aromatic carbocycles. The average Bonchev–Trinajstić information content (AvgIpc) is 2.77. The molecule has 0 radical (unpaired) electrons. The summed E-state index contributed by atoms with van der Waals surface area (Å²) in [4.78, 5) is 18.1. The van der Waals surface area contributed by atoms with E-state index in [0.29, 0.717) is 12.1 Å². The fraction of sp³-hybridized carbons (Fsp3) is 0.632. The predicted octanol–water partition coefficient (Wildman–Crippen LogP) is 2.84. The molecule has 0 bridgehead atoms. The van der Waals surface area contributed by atoms with E-state index in [9.17, 15) is 4.79 Å². The van der Waals surface area contributed by atoms with E-state index in [1.54, 1.807) is 0 Å². The van der Waals surface area contributed by atoms with Gasteiger partial charge < -0.3 is 14.6 Å². The molecular formula is C19H27N3O2. The summed E-state index contributed by atoms with van der Waals surface area (Å²) in [5.41, 5.74) is 3.25. The maximum absolute atomic E-state index is 12.5. The topological polar surface area (TPSA) is 50.3 Å². The van der Waals surface area contributed by atoms with Crippen LogP contribution < -0.4 is 5.69 Å². The lowest BCUT2D eigenvalue weighted by molar-refractivity contribution is 0.108. The molecule has 2 aliphatic heterocycles. The van der Waals surface area contributed by atoms with Gasteiger partial charge in [0.05, 0.1) is 11.0 Å². The number of hydrogen-bond acceptors (Lipinski definition) is 3. The number of nitrogens with one attached hydrogen (secondary N) is 1. The molecule has 4 rings (SSSR count). The number of H-pyrrole nitrogens is 1. The summed E-state index contributed by atoms with van der Waals surface area (Å²) in [6.45, 7) is 6.06. The Hall–Kier alpha value is -1.59. The summed E-state index contributed by atoms with van der Waals surface area (Å²) in [5.74, 6) is 0. The van der Waals surface area contributed by atoms with Crippen molar-refractivity contribution in [2.75, 3.05) is 26.3 Å². The normalized spacial score (nSPS) is 24.3. The number of likely N-dealkylation sites (tertiary alicyclic amines) is 1. The number of ether oxygens (including phenoxy) is 1. The van der Waals surface area contributed by atoms with E-state index in [4.69, 9.17) is 4.74 Å². The number of benzene rings is 1. The highest BCUT2D eigenvalue weighted by Gasteiger charge is 2.28. The molecule has 1 atom stereocenters. The minimum atomic E-state index is 0.0388. The van der Waals surface area contributed by atoms with Crippen LogP contribution in [0.25, 0.3) is 11.0 Å². The lowest BCUT2D eigenvalue weighted by Crippen LogP contribution is -2.43. The lowest BCUT2D eigenvalue weighted by Gasteiger charge is -2.37. The van der Waals surface area contributed by atoms with Crippen molar-refractivity contribution in [2.24, 2.45) is 0 Å². The first-order chi connectivity index (χ1) is 11.7. The fourth-order valence-electron chi connectivity index (χ4n) is 4.36. The van der Waals surface area contributed by atoms with E-state index in [1.807, 2.05) is 10.6 Å². The maximum Gasteiger partial charge on any atom is 0.326 e. The van der Waals surface area contributed by atoms with Crippen LogP contribution in [0.1, 0.15) is 43.7 Å². The SMILES string of the molecule is Cc1ccc2[nH]c(=O)n(C3CCN(C4CCCOCC4)CC3)c2c1. The molecule has 130 valence electrons. The summed E-state index contributed by atoms with van der Waals surface area (Å²) < 4.78 is 7.59. The quantitative estimate of drug-likeness (QED) is 0.922. The molecule has 0 aliphatic carbocycles. The monoisotopic (exact) mass is 329 g/mol. The van der Waals surface area contributed by atoms with Gasteiger partial charge in [-0.2, -0.15) is 0 Å². The van der Waals surface area contributed by atoms with Gasteiger partial charge in [0.1, 0.15) is 0 Å². The summed E-state index contributed by atoms with van der Waals surface area (Å²) in [6.07, 6.45) is 5.68. The summed E-state index contributed by atoms with van der Waals surface area (Å²) in [5, 5.41) is 0. The number of aryl methyl sites for hydroxylation is 1. The zero-order chi connectivity index (χ0) is 16.5. The van der Waals surface area contributed by atoms with Crippen LogP contribution in [0.4, 0.5) is 0 Å². The molecule has 3 heterocycles. The standard InChI is InChI=1S/C19H27N3O2/c1-14-4-5-17-18(13-14)22(19(23)20-17)16-6-9-21(10-7-16)15-3-2-11-24-12-8-15/h4-5,13,15-16H,2-3,6-12H2,1H3,(H,20,23). The number of aromatic amines is 1. The Morgan fingerprint density at radius 3 is 2.75 bits per heavy atom. The van der Waals surface area contributed by atoms with E-state index in [0.717, 1.165) is 56.6 Å². The second-order valence-electron chi connectivity index (χ2n) is 7.29. The van der Waals surface area contributed by atoms with Crippen molar-refractivity contribution in [1.82, 2.24) is 14.5 Å². The van der Waals surface area contributed by atoms with Crippen molar-refractivity contribution >= 4 is 11.0 Å². The molecular weight excluding hydrogens is 302 g/mol. The van der Waals surface area contributed by atoms with Crippen LogP contribution in [0.2, 0.25) is 0 Å². The highest BCUT2D eigenvalue weighted by Crippen LogP contribution is 2.28. The Kier molecular flexibility index (Phi) is 4.46. The second-order valence-corrected chi connectivity index (χ2v) is 7.29. The number of nitrogens with zero attached hydrogens (tertiary/aromatic N) is 2. The molecule has 2 aromatic rings. The van der Waals surface area contributed by atoms with Gasteiger partial charge in [0.2, 0.25) is 0 Å². The highest BCUT2D eigenvalue weighted by molar-refractivity contribution is 5.76. The van der Waals surface area contributed by atoms with Crippen LogP contribution in [0.15, 0.2) is 23.0 Å². The van der Waals surface area contributed by atoms with E-state index in [-0.39, 0.29) is 5.69 Å². The van der Waals surface area contributed by atoms with E-state index in [2.05, 4.69) is 28.9 Å². The second kappa shape index (κ2) is 6.73. The van der Waals surface area contributed by atoms with Gasteiger partial charge in [-0.05, 0) is 56.7 Å². The van der Waals surface area contributed by atoms with Crippen LogP contribution in [-0.4, -0.2) is 46.8 Å². The minimum absolute atomic E-state index is 0.0388. The Labute approximate surface area is 142 Å². The van der Waals surface area contributed by atoms with Crippen molar-refractivity contribution < 1.29 is 4.74 Å². The first-order valence-electron chi connectivity index (χ1n) is 9.25. The van der Waals surface area contributed by atoms with Crippen molar-refractivity contribution in [3.63, 3.8) is 0 Å². The third kappa shape index (κ3) is 3.03. The Morgan fingerprint density at radius 2 is 1.92 bits per heavy atom. The van der Waals surface area contributed by atoms with Crippen molar-refractivity contribution in [2.45, 2.75) is 51.1 Å². The Balaban J connectivity index is 1.51.